The monoisotopic (exact) mass is 328 g/mol. The fourth-order valence-corrected chi connectivity index (χ4v) is 3.21. The maximum absolute atomic E-state index is 11.0. The molecule has 7 heteroatoms. The van der Waals surface area contributed by atoms with Crippen molar-refractivity contribution in [3.05, 3.63) is 33.9 Å². The maximum Gasteiger partial charge on any atom is 0.435 e. The molecule has 1 aliphatic heterocycles. The Labute approximate surface area is 137 Å². The molecule has 0 N–H and O–H groups in total. The maximum atomic E-state index is 11.0. The van der Waals surface area contributed by atoms with Crippen LogP contribution in [-0.2, 0) is 6.42 Å². The topological polar surface area (TPSA) is 87.6 Å². The molecule has 0 spiro atoms. The molecular weight excluding hydrogens is 312 g/mol. The largest absolute Gasteiger partial charge is 0.495 e. The Balaban J connectivity index is 2.04. The summed E-state index contributed by atoms with van der Waals surface area (Å²) < 4.78 is 16.8. The second-order valence-electron chi connectivity index (χ2n) is 6.51. The van der Waals surface area contributed by atoms with Crippen molar-refractivity contribution in [1.29, 1.82) is 0 Å². The average molecular weight is 328 g/mol. The lowest BCUT2D eigenvalue weighted by molar-refractivity contribution is -0.401. The molecule has 24 heavy (non-hydrogen) atoms. The van der Waals surface area contributed by atoms with Crippen molar-refractivity contribution in [2.75, 3.05) is 7.11 Å². The number of nitrogens with zero attached hydrogens (tertiary/aromatic N) is 2. The molecule has 7 nitrogen and oxygen atoms in total. The van der Waals surface area contributed by atoms with E-state index in [1.165, 1.54) is 13.2 Å². The molecule has 0 unspecified atom stereocenters. The van der Waals surface area contributed by atoms with Crippen LogP contribution < -0.4 is 9.47 Å². The van der Waals surface area contributed by atoms with Crippen LogP contribution in [0, 0.1) is 10.1 Å². The van der Waals surface area contributed by atoms with Gasteiger partial charge >= 0.3 is 5.88 Å². The molecule has 0 aliphatic carbocycles. The molecular formula is C17H16N2O5. The van der Waals surface area contributed by atoms with E-state index in [1.807, 2.05) is 26.0 Å². The summed E-state index contributed by atoms with van der Waals surface area (Å²) in [4.78, 5) is 14.9. The fraction of sp³-hybridized carbons (Fsp3) is 0.353. The van der Waals surface area contributed by atoms with Gasteiger partial charge in [-0.3, -0.25) is 10.1 Å². The first-order valence-electron chi connectivity index (χ1n) is 7.66. The van der Waals surface area contributed by atoms with Gasteiger partial charge in [-0.25, -0.2) is 4.98 Å². The normalized spacial score (nSPS) is 16.0. The molecule has 1 aliphatic rings. The van der Waals surface area contributed by atoms with Crippen molar-refractivity contribution in [1.82, 2.24) is 4.98 Å². The smallest absolute Gasteiger partial charge is 0.435 e. The molecule has 0 atom stereocenters. The number of benzene rings is 1. The lowest BCUT2D eigenvalue weighted by Crippen LogP contribution is -2.32. The van der Waals surface area contributed by atoms with E-state index in [-0.39, 0.29) is 17.2 Å². The van der Waals surface area contributed by atoms with Gasteiger partial charge < -0.3 is 13.9 Å². The zero-order valence-corrected chi connectivity index (χ0v) is 13.6. The van der Waals surface area contributed by atoms with Crippen molar-refractivity contribution < 1.29 is 18.8 Å². The van der Waals surface area contributed by atoms with E-state index in [0.29, 0.717) is 16.7 Å². The zero-order valence-electron chi connectivity index (χ0n) is 13.6. The summed E-state index contributed by atoms with van der Waals surface area (Å²) in [5.74, 6) is 0.963. The number of rotatable bonds is 2. The van der Waals surface area contributed by atoms with Crippen LogP contribution in [0.3, 0.4) is 0 Å². The van der Waals surface area contributed by atoms with Gasteiger partial charge in [-0.1, -0.05) is 0 Å². The molecule has 0 amide bonds. The van der Waals surface area contributed by atoms with Crippen LogP contribution in [0.15, 0.2) is 22.6 Å². The van der Waals surface area contributed by atoms with E-state index < -0.39 is 4.92 Å². The molecule has 3 aromatic rings. The summed E-state index contributed by atoms with van der Waals surface area (Å²) in [6, 6.07) is 5.13. The van der Waals surface area contributed by atoms with Crippen molar-refractivity contribution >= 4 is 27.9 Å². The molecule has 2 aromatic heterocycles. The van der Waals surface area contributed by atoms with E-state index in [4.69, 9.17) is 13.9 Å². The molecule has 0 fully saturated rings. The fourth-order valence-electron chi connectivity index (χ4n) is 3.21. The Hall–Kier alpha value is -2.83. The number of methoxy groups -OCH3 is 1. The number of hydrogen-bond donors (Lipinski definition) is 0. The van der Waals surface area contributed by atoms with E-state index >= 15 is 0 Å². The number of aromatic nitrogens is 1. The SMILES string of the molecule is COc1c2cc([N+](=O)[O-])oc2nc2c3c(ccc12)OC(C)(C)CC3. The van der Waals surface area contributed by atoms with E-state index in [1.54, 1.807) is 0 Å². The van der Waals surface area contributed by atoms with E-state index in [9.17, 15) is 10.1 Å². The Morgan fingerprint density at radius 1 is 1.33 bits per heavy atom. The summed E-state index contributed by atoms with van der Waals surface area (Å²) in [6.07, 6.45) is 1.67. The third kappa shape index (κ3) is 2.08. The lowest BCUT2D eigenvalue weighted by Gasteiger charge is -2.33. The molecule has 0 bridgehead atoms. The Kier molecular flexibility index (Phi) is 2.97. The molecule has 0 radical (unpaired) electrons. The average Bonchev–Trinajstić information content (AvgIpc) is 2.95. The molecule has 0 saturated heterocycles. The number of fused-ring (bicyclic) bond motifs is 4. The van der Waals surface area contributed by atoms with Crippen LogP contribution in [0.2, 0.25) is 0 Å². The molecule has 0 saturated carbocycles. The summed E-state index contributed by atoms with van der Waals surface area (Å²) in [6.45, 7) is 4.10. The number of pyridine rings is 1. The first-order chi connectivity index (χ1) is 11.4. The minimum Gasteiger partial charge on any atom is -0.495 e. The highest BCUT2D eigenvalue weighted by molar-refractivity contribution is 6.01. The van der Waals surface area contributed by atoms with Gasteiger partial charge in [0.05, 0.1) is 24.1 Å². The van der Waals surface area contributed by atoms with Crippen LogP contribution in [-0.4, -0.2) is 22.6 Å². The van der Waals surface area contributed by atoms with Gasteiger partial charge in [0, 0.05) is 10.9 Å². The van der Waals surface area contributed by atoms with Crippen LogP contribution in [0.25, 0.3) is 22.0 Å². The standard InChI is InChI=1S/C17H16N2O5/c1-17(2)7-6-9-12(24-17)5-4-10-14(9)18-16-11(15(10)22-3)8-13(23-16)19(20)21/h4-5,8H,6-7H2,1-3H3. The number of furan rings is 1. The van der Waals surface area contributed by atoms with Gasteiger partial charge in [-0.2, -0.15) is 0 Å². The predicted octanol–water partition coefficient (Wildman–Crippen LogP) is 4.00. The third-order valence-electron chi connectivity index (χ3n) is 4.39. The summed E-state index contributed by atoms with van der Waals surface area (Å²) >= 11 is 0. The van der Waals surface area contributed by atoms with Gasteiger partial charge in [0.2, 0.25) is 5.71 Å². The summed E-state index contributed by atoms with van der Waals surface area (Å²) in [5, 5.41) is 12.3. The number of ether oxygens (including phenoxy) is 2. The van der Waals surface area contributed by atoms with Crippen molar-refractivity contribution in [2.45, 2.75) is 32.3 Å². The van der Waals surface area contributed by atoms with Crippen LogP contribution in [0.1, 0.15) is 25.8 Å². The number of aryl methyl sites for hydroxylation is 1. The Bertz CT molecular complexity index is 990. The Morgan fingerprint density at radius 2 is 2.12 bits per heavy atom. The molecule has 1 aromatic carbocycles. The van der Waals surface area contributed by atoms with Crippen LogP contribution in [0.4, 0.5) is 5.88 Å². The highest BCUT2D eigenvalue weighted by atomic mass is 16.6. The number of nitro groups is 1. The quantitative estimate of drug-likeness (QED) is 0.522. The van der Waals surface area contributed by atoms with Gasteiger partial charge in [0.25, 0.3) is 0 Å². The van der Waals surface area contributed by atoms with Gasteiger partial charge in [0.1, 0.15) is 22.0 Å². The summed E-state index contributed by atoms with van der Waals surface area (Å²) in [7, 11) is 1.53. The second kappa shape index (κ2) is 4.83. The third-order valence-corrected chi connectivity index (χ3v) is 4.39. The minimum atomic E-state index is -0.577. The molecule has 124 valence electrons. The zero-order chi connectivity index (χ0) is 17.1. The van der Waals surface area contributed by atoms with Crippen LogP contribution in [0.5, 0.6) is 11.5 Å². The minimum absolute atomic E-state index is 0.198. The van der Waals surface area contributed by atoms with Gasteiger partial charge in [0.15, 0.2) is 0 Å². The Morgan fingerprint density at radius 3 is 2.83 bits per heavy atom. The first kappa shape index (κ1) is 14.7. The van der Waals surface area contributed by atoms with E-state index in [0.717, 1.165) is 29.5 Å². The first-order valence-corrected chi connectivity index (χ1v) is 7.66. The van der Waals surface area contributed by atoms with Crippen molar-refractivity contribution in [3.63, 3.8) is 0 Å². The predicted molar refractivity (Wildman–Crippen MR) is 87.7 cm³/mol. The summed E-state index contributed by atoms with van der Waals surface area (Å²) in [5.41, 5.74) is 1.66. The van der Waals surface area contributed by atoms with Crippen molar-refractivity contribution in [2.24, 2.45) is 0 Å². The molecule has 4 rings (SSSR count). The highest BCUT2D eigenvalue weighted by Gasteiger charge is 2.29. The second-order valence-corrected chi connectivity index (χ2v) is 6.51. The van der Waals surface area contributed by atoms with E-state index in [2.05, 4.69) is 4.98 Å². The highest BCUT2D eigenvalue weighted by Crippen LogP contribution is 2.42. The number of hydrogen-bond acceptors (Lipinski definition) is 6. The van der Waals surface area contributed by atoms with Gasteiger partial charge in [-0.05, 0) is 38.8 Å². The molecule has 3 heterocycles. The van der Waals surface area contributed by atoms with Gasteiger partial charge in [-0.15, -0.1) is 0 Å². The van der Waals surface area contributed by atoms with Crippen LogP contribution >= 0.6 is 0 Å². The lowest BCUT2D eigenvalue weighted by atomic mass is 9.92. The van der Waals surface area contributed by atoms with Crippen molar-refractivity contribution in [3.8, 4) is 11.5 Å².